The molecule has 0 bridgehead atoms. The first kappa shape index (κ1) is 16.8. The Kier molecular flexibility index (Phi) is 6.21. The molecule has 2 rings (SSSR count). The summed E-state index contributed by atoms with van der Waals surface area (Å²) in [4.78, 5) is 26.6. The van der Waals surface area contributed by atoms with E-state index < -0.39 is 6.03 Å². The maximum Gasteiger partial charge on any atom is 0.312 e. The molecule has 7 heteroatoms. The first-order valence-corrected chi connectivity index (χ1v) is 8.50. The van der Waals surface area contributed by atoms with Crippen LogP contribution in [0.3, 0.4) is 0 Å². The lowest BCUT2D eigenvalue weighted by molar-refractivity contribution is -0.133. The van der Waals surface area contributed by atoms with Gasteiger partial charge in [0.05, 0.1) is 12.5 Å². The van der Waals surface area contributed by atoms with Crippen LogP contribution in [0.5, 0.6) is 0 Å². The van der Waals surface area contributed by atoms with Crippen molar-refractivity contribution >= 4 is 23.3 Å². The van der Waals surface area contributed by atoms with Crippen LogP contribution in [-0.4, -0.2) is 43.5 Å². The van der Waals surface area contributed by atoms with E-state index in [4.69, 9.17) is 5.73 Å². The molecule has 0 aliphatic carbocycles. The molecule has 122 valence electrons. The van der Waals surface area contributed by atoms with Crippen LogP contribution in [0.1, 0.15) is 30.2 Å². The van der Waals surface area contributed by atoms with Crippen LogP contribution in [0.25, 0.3) is 0 Å². The summed E-state index contributed by atoms with van der Waals surface area (Å²) in [6, 6.07) is 2.88. The van der Waals surface area contributed by atoms with E-state index >= 15 is 0 Å². The zero-order chi connectivity index (χ0) is 15.9. The van der Waals surface area contributed by atoms with E-state index in [0.29, 0.717) is 5.92 Å². The number of hydrogen-bond donors (Lipinski definition) is 3. The third-order valence-electron chi connectivity index (χ3n) is 3.95. The van der Waals surface area contributed by atoms with Gasteiger partial charge in [0, 0.05) is 18.0 Å². The molecule has 1 saturated heterocycles. The van der Waals surface area contributed by atoms with Gasteiger partial charge in [0.15, 0.2) is 0 Å². The van der Waals surface area contributed by atoms with Gasteiger partial charge in [-0.2, -0.15) is 0 Å². The normalized spacial score (nSPS) is 19.7. The van der Waals surface area contributed by atoms with Crippen molar-refractivity contribution in [1.29, 1.82) is 0 Å². The van der Waals surface area contributed by atoms with Gasteiger partial charge in [-0.15, -0.1) is 11.3 Å². The summed E-state index contributed by atoms with van der Waals surface area (Å²) in [7, 11) is 1.93. The third-order valence-corrected chi connectivity index (χ3v) is 4.93. The van der Waals surface area contributed by atoms with Crippen molar-refractivity contribution < 1.29 is 9.59 Å². The number of nitrogens with one attached hydrogen (secondary N) is 2. The largest absolute Gasteiger partial charge is 0.352 e. The Labute approximate surface area is 135 Å². The predicted octanol–water partition coefficient (Wildman–Crippen LogP) is 1.31. The number of nitrogens with two attached hydrogens (primary N) is 1. The van der Waals surface area contributed by atoms with Crippen molar-refractivity contribution in [3.63, 3.8) is 0 Å². The summed E-state index contributed by atoms with van der Waals surface area (Å²) < 4.78 is 0. The van der Waals surface area contributed by atoms with Gasteiger partial charge in [0.1, 0.15) is 0 Å². The van der Waals surface area contributed by atoms with Gasteiger partial charge in [0.2, 0.25) is 5.91 Å². The van der Waals surface area contributed by atoms with Gasteiger partial charge < -0.3 is 21.3 Å². The third kappa shape index (κ3) is 4.71. The fourth-order valence-electron chi connectivity index (χ4n) is 2.93. The number of rotatable bonds is 6. The summed E-state index contributed by atoms with van der Waals surface area (Å²) in [5.74, 6) is 0.583. The molecule has 0 radical (unpaired) electrons. The molecule has 1 fully saturated rings. The minimum Gasteiger partial charge on any atom is -0.352 e. The van der Waals surface area contributed by atoms with Crippen LogP contribution < -0.4 is 16.4 Å². The zero-order valence-electron chi connectivity index (χ0n) is 12.9. The second-order valence-corrected chi connectivity index (χ2v) is 6.67. The van der Waals surface area contributed by atoms with Gasteiger partial charge >= 0.3 is 6.03 Å². The number of carbonyl (C=O) groups is 2. The number of urea groups is 1. The SMILES string of the molecule is CNCC1CCCN(C(=O)CC(NC(N)=O)c2cccs2)C1. The highest BCUT2D eigenvalue weighted by atomic mass is 32.1. The van der Waals surface area contributed by atoms with Gasteiger partial charge in [-0.25, -0.2) is 4.79 Å². The molecule has 1 aliphatic heterocycles. The van der Waals surface area contributed by atoms with Crippen LogP contribution in [0.4, 0.5) is 4.79 Å². The van der Waals surface area contributed by atoms with Crippen LogP contribution in [0.2, 0.25) is 0 Å². The molecule has 1 aliphatic rings. The lowest BCUT2D eigenvalue weighted by atomic mass is 9.97. The topological polar surface area (TPSA) is 87.5 Å². The Morgan fingerprint density at radius 3 is 3.00 bits per heavy atom. The van der Waals surface area contributed by atoms with Gasteiger partial charge in [-0.05, 0) is 43.8 Å². The Bertz CT molecular complexity index is 490. The quantitative estimate of drug-likeness (QED) is 0.737. The summed E-state index contributed by atoms with van der Waals surface area (Å²) in [6.07, 6.45) is 2.44. The molecule has 2 atom stereocenters. The lowest BCUT2D eigenvalue weighted by Crippen LogP contribution is -2.44. The van der Waals surface area contributed by atoms with Crippen molar-refractivity contribution in [2.45, 2.75) is 25.3 Å². The first-order valence-electron chi connectivity index (χ1n) is 7.62. The second kappa shape index (κ2) is 8.14. The summed E-state index contributed by atoms with van der Waals surface area (Å²) in [5.41, 5.74) is 5.24. The number of thiophene rings is 1. The molecule has 1 aromatic rings. The molecule has 4 N–H and O–H groups in total. The summed E-state index contributed by atoms with van der Waals surface area (Å²) >= 11 is 1.52. The van der Waals surface area contributed by atoms with E-state index in [-0.39, 0.29) is 18.4 Å². The second-order valence-electron chi connectivity index (χ2n) is 5.69. The van der Waals surface area contributed by atoms with Crippen molar-refractivity contribution in [1.82, 2.24) is 15.5 Å². The molecule has 22 heavy (non-hydrogen) atoms. The number of likely N-dealkylation sites (tertiary alicyclic amines) is 1. The van der Waals surface area contributed by atoms with Gasteiger partial charge in [-0.1, -0.05) is 6.07 Å². The molecule has 6 nitrogen and oxygen atoms in total. The number of amides is 3. The fraction of sp³-hybridized carbons (Fsp3) is 0.600. The van der Waals surface area contributed by atoms with Crippen LogP contribution >= 0.6 is 11.3 Å². The van der Waals surface area contributed by atoms with Crippen molar-refractivity contribution in [2.24, 2.45) is 11.7 Å². The molecule has 0 aromatic carbocycles. The van der Waals surface area contributed by atoms with Crippen molar-refractivity contribution in [3.8, 4) is 0 Å². The Morgan fingerprint density at radius 1 is 1.55 bits per heavy atom. The maximum absolute atomic E-state index is 12.6. The van der Waals surface area contributed by atoms with Crippen LogP contribution in [-0.2, 0) is 4.79 Å². The molecular formula is C15H24N4O2S. The van der Waals surface area contributed by atoms with E-state index in [9.17, 15) is 9.59 Å². The average molecular weight is 324 g/mol. The highest BCUT2D eigenvalue weighted by Gasteiger charge is 2.26. The Hall–Kier alpha value is -1.60. The van der Waals surface area contributed by atoms with Gasteiger partial charge in [-0.3, -0.25) is 4.79 Å². The lowest BCUT2D eigenvalue weighted by Gasteiger charge is -2.33. The first-order chi connectivity index (χ1) is 10.6. The standard InChI is InChI=1S/C15H24N4O2S/c1-17-9-11-4-2-6-19(10-11)14(20)8-12(18-15(16)21)13-5-3-7-22-13/h3,5,7,11-12,17H,2,4,6,8-10H2,1H3,(H3,16,18,21). The number of piperidine rings is 1. The zero-order valence-corrected chi connectivity index (χ0v) is 13.7. The number of primary amides is 1. The fourth-order valence-corrected chi connectivity index (χ4v) is 3.71. The van der Waals surface area contributed by atoms with E-state index in [1.807, 2.05) is 29.5 Å². The minimum atomic E-state index is -0.599. The molecule has 0 spiro atoms. The van der Waals surface area contributed by atoms with Crippen LogP contribution in [0, 0.1) is 5.92 Å². The number of carbonyl (C=O) groups excluding carboxylic acids is 2. The maximum atomic E-state index is 12.6. The van der Waals surface area contributed by atoms with Crippen LogP contribution in [0.15, 0.2) is 17.5 Å². The molecule has 3 amide bonds. The number of nitrogens with zero attached hydrogens (tertiary/aromatic N) is 1. The average Bonchev–Trinajstić information content (AvgIpc) is 3.01. The molecule has 2 heterocycles. The summed E-state index contributed by atoms with van der Waals surface area (Å²) in [5, 5.41) is 7.78. The van der Waals surface area contributed by atoms with Gasteiger partial charge in [0.25, 0.3) is 0 Å². The van der Waals surface area contributed by atoms with E-state index in [1.54, 1.807) is 0 Å². The van der Waals surface area contributed by atoms with E-state index in [2.05, 4.69) is 10.6 Å². The highest BCUT2D eigenvalue weighted by molar-refractivity contribution is 7.10. The monoisotopic (exact) mass is 324 g/mol. The van der Waals surface area contributed by atoms with E-state index in [1.165, 1.54) is 11.3 Å². The van der Waals surface area contributed by atoms with Crippen molar-refractivity contribution in [3.05, 3.63) is 22.4 Å². The van der Waals surface area contributed by atoms with E-state index in [0.717, 1.165) is 37.4 Å². The predicted molar refractivity (Wildman–Crippen MR) is 87.6 cm³/mol. The van der Waals surface area contributed by atoms with Crippen molar-refractivity contribution in [2.75, 3.05) is 26.7 Å². The summed E-state index contributed by atoms with van der Waals surface area (Å²) in [6.45, 7) is 2.51. The number of hydrogen-bond acceptors (Lipinski definition) is 4. The Morgan fingerprint density at radius 2 is 2.36 bits per heavy atom. The highest BCUT2D eigenvalue weighted by Crippen LogP contribution is 2.24. The molecular weight excluding hydrogens is 300 g/mol. The smallest absolute Gasteiger partial charge is 0.312 e. The molecule has 0 saturated carbocycles. The minimum absolute atomic E-state index is 0.0768. The molecule has 2 unspecified atom stereocenters. The molecule has 1 aromatic heterocycles. The Balaban J connectivity index is 1.96.